The Balaban J connectivity index is 2.14. The van der Waals surface area contributed by atoms with Crippen LogP contribution in [0.4, 0.5) is 5.69 Å². The summed E-state index contributed by atoms with van der Waals surface area (Å²) >= 11 is 1.46. The number of rotatable bonds is 6. The number of benzene rings is 1. The molecule has 0 bridgehead atoms. The van der Waals surface area contributed by atoms with Gasteiger partial charge in [0, 0.05) is 23.7 Å². The summed E-state index contributed by atoms with van der Waals surface area (Å²) in [5, 5.41) is 24.1. The third-order valence-corrected chi connectivity index (χ3v) is 3.92. The molecule has 0 amide bonds. The molecule has 0 fully saturated rings. The summed E-state index contributed by atoms with van der Waals surface area (Å²) in [5.41, 5.74) is 1.49. The number of nitrogens with zero attached hydrogens (tertiary/aromatic N) is 3. The molecule has 0 radical (unpaired) electrons. The molecule has 6 nitrogen and oxygen atoms in total. The first-order valence-electron chi connectivity index (χ1n) is 6.76. The van der Waals surface area contributed by atoms with E-state index in [1.165, 1.54) is 11.3 Å². The highest BCUT2D eigenvalue weighted by atomic mass is 32.1. The molecule has 7 heteroatoms. The Kier molecular flexibility index (Phi) is 4.98. The Labute approximate surface area is 127 Å². The number of hydrogen-bond acceptors (Lipinski definition) is 6. The summed E-state index contributed by atoms with van der Waals surface area (Å²) in [4.78, 5) is 10.6. The van der Waals surface area contributed by atoms with Crippen molar-refractivity contribution in [1.82, 2.24) is 15.5 Å². The molecule has 1 aromatic carbocycles. The molecule has 112 valence electrons. The SMILES string of the molecule is Cc1ccc(-c2nnc(CNCC(C)C)s2)cc1[N+](=O)[O-]. The van der Waals surface area contributed by atoms with E-state index in [1.807, 2.05) is 6.07 Å². The number of nitro groups is 1. The maximum atomic E-state index is 11.0. The number of aromatic nitrogens is 2. The molecule has 0 saturated heterocycles. The lowest BCUT2D eigenvalue weighted by atomic mass is 10.1. The predicted octanol–water partition coefficient (Wildman–Crippen LogP) is 3.17. The van der Waals surface area contributed by atoms with Gasteiger partial charge in [-0.1, -0.05) is 37.3 Å². The van der Waals surface area contributed by atoms with Crippen LogP contribution in [0.2, 0.25) is 0 Å². The van der Waals surface area contributed by atoms with Gasteiger partial charge in [0.25, 0.3) is 5.69 Å². The molecule has 0 atom stereocenters. The zero-order valence-corrected chi connectivity index (χ0v) is 13.1. The molecule has 0 aliphatic heterocycles. The summed E-state index contributed by atoms with van der Waals surface area (Å²) in [7, 11) is 0. The van der Waals surface area contributed by atoms with Crippen molar-refractivity contribution in [1.29, 1.82) is 0 Å². The number of nitrogens with one attached hydrogen (secondary N) is 1. The predicted molar refractivity (Wildman–Crippen MR) is 83.3 cm³/mol. The minimum absolute atomic E-state index is 0.113. The monoisotopic (exact) mass is 306 g/mol. The van der Waals surface area contributed by atoms with E-state index in [0.29, 0.717) is 23.0 Å². The average molecular weight is 306 g/mol. The van der Waals surface area contributed by atoms with Crippen LogP contribution < -0.4 is 5.32 Å². The van der Waals surface area contributed by atoms with Gasteiger partial charge in [0.1, 0.15) is 10.0 Å². The molecule has 2 rings (SSSR count). The molecule has 1 N–H and O–H groups in total. The molecule has 0 spiro atoms. The smallest absolute Gasteiger partial charge is 0.273 e. The first-order valence-corrected chi connectivity index (χ1v) is 7.57. The first-order chi connectivity index (χ1) is 9.97. The third kappa shape index (κ3) is 4.05. The topological polar surface area (TPSA) is 81.0 Å². The highest BCUT2D eigenvalue weighted by Crippen LogP contribution is 2.28. The number of nitro benzene ring substituents is 1. The number of aryl methyl sites for hydroxylation is 1. The van der Waals surface area contributed by atoms with Gasteiger partial charge in [-0.3, -0.25) is 10.1 Å². The van der Waals surface area contributed by atoms with Crippen LogP contribution in [0.5, 0.6) is 0 Å². The quantitative estimate of drug-likeness (QED) is 0.655. The molecule has 21 heavy (non-hydrogen) atoms. The third-order valence-electron chi connectivity index (χ3n) is 2.95. The fourth-order valence-electron chi connectivity index (χ4n) is 1.85. The maximum absolute atomic E-state index is 11.0. The van der Waals surface area contributed by atoms with Gasteiger partial charge in [0.05, 0.1) is 4.92 Å². The molecule has 0 aliphatic rings. The Morgan fingerprint density at radius 2 is 2.14 bits per heavy atom. The summed E-state index contributed by atoms with van der Waals surface area (Å²) < 4.78 is 0. The Morgan fingerprint density at radius 3 is 2.81 bits per heavy atom. The standard InChI is InChI=1S/C14H18N4O2S/c1-9(2)7-15-8-13-16-17-14(21-13)11-5-4-10(3)12(6-11)18(19)20/h4-6,9,15H,7-8H2,1-3H3. The van der Waals surface area contributed by atoms with Crippen LogP contribution in [0.15, 0.2) is 18.2 Å². The molecule has 2 aromatic rings. The molecule has 1 heterocycles. The minimum Gasteiger partial charge on any atom is -0.310 e. The van der Waals surface area contributed by atoms with E-state index in [0.717, 1.165) is 17.1 Å². The van der Waals surface area contributed by atoms with Gasteiger partial charge in [0.15, 0.2) is 0 Å². The lowest BCUT2D eigenvalue weighted by Gasteiger charge is -2.04. The van der Waals surface area contributed by atoms with E-state index in [9.17, 15) is 10.1 Å². The molecule has 0 saturated carbocycles. The maximum Gasteiger partial charge on any atom is 0.273 e. The zero-order valence-electron chi connectivity index (χ0n) is 12.3. The van der Waals surface area contributed by atoms with Crippen LogP contribution in [-0.4, -0.2) is 21.7 Å². The van der Waals surface area contributed by atoms with E-state index in [-0.39, 0.29) is 10.6 Å². The largest absolute Gasteiger partial charge is 0.310 e. The van der Waals surface area contributed by atoms with Crippen LogP contribution in [0, 0.1) is 23.0 Å². The van der Waals surface area contributed by atoms with Gasteiger partial charge < -0.3 is 5.32 Å². The summed E-state index contributed by atoms with van der Waals surface area (Å²) in [5.74, 6) is 0.581. The van der Waals surface area contributed by atoms with Crippen LogP contribution >= 0.6 is 11.3 Å². The molecule has 0 aliphatic carbocycles. The second kappa shape index (κ2) is 6.73. The van der Waals surface area contributed by atoms with E-state index in [2.05, 4.69) is 29.4 Å². The van der Waals surface area contributed by atoms with Crippen molar-refractivity contribution in [2.75, 3.05) is 6.54 Å². The Hall–Kier alpha value is -1.86. The second-order valence-corrected chi connectivity index (χ2v) is 6.35. The molecule has 1 aromatic heterocycles. The molecular formula is C14H18N4O2S. The fraction of sp³-hybridized carbons (Fsp3) is 0.429. The minimum atomic E-state index is -0.370. The van der Waals surface area contributed by atoms with Gasteiger partial charge in [-0.05, 0) is 19.4 Å². The summed E-state index contributed by atoms with van der Waals surface area (Å²) in [6.07, 6.45) is 0. The summed E-state index contributed by atoms with van der Waals surface area (Å²) in [6.45, 7) is 7.60. The average Bonchev–Trinajstić information content (AvgIpc) is 2.87. The Morgan fingerprint density at radius 1 is 1.38 bits per heavy atom. The second-order valence-electron chi connectivity index (χ2n) is 5.28. The van der Waals surface area contributed by atoms with E-state index >= 15 is 0 Å². The van der Waals surface area contributed by atoms with Crippen LogP contribution in [0.3, 0.4) is 0 Å². The van der Waals surface area contributed by atoms with Crippen molar-refractivity contribution in [2.45, 2.75) is 27.3 Å². The Bertz CT molecular complexity index is 640. The first kappa shape index (κ1) is 15.5. The van der Waals surface area contributed by atoms with Gasteiger partial charge in [-0.2, -0.15) is 0 Å². The highest BCUT2D eigenvalue weighted by molar-refractivity contribution is 7.14. The zero-order chi connectivity index (χ0) is 15.4. The van der Waals surface area contributed by atoms with Crippen LogP contribution in [-0.2, 0) is 6.54 Å². The van der Waals surface area contributed by atoms with E-state index in [1.54, 1.807) is 19.1 Å². The van der Waals surface area contributed by atoms with Gasteiger partial charge >= 0.3 is 0 Å². The summed E-state index contributed by atoms with van der Waals surface area (Å²) in [6, 6.07) is 5.14. The van der Waals surface area contributed by atoms with Gasteiger partial charge in [-0.15, -0.1) is 10.2 Å². The van der Waals surface area contributed by atoms with Gasteiger partial charge in [-0.25, -0.2) is 0 Å². The van der Waals surface area contributed by atoms with Crippen molar-refractivity contribution in [3.63, 3.8) is 0 Å². The lowest BCUT2D eigenvalue weighted by molar-refractivity contribution is -0.385. The molecule has 0 unspecified atom stereocenters. The number of hydrogen-bond donors (Lipinski definition) is 1. The van der Waals surface area contributed by atoms with Crippen molar-refractivity contribution in [2.24, 2.45) is 5.92 Å². The molecular weight excluding hydrogens is 288 g/mol. The lowest BCUT2D eigenvalue weighted by Crippen LogP contribution is -2.18. The van der Waals surface area contributed by atoms with Gasteiger partial charge in [0.2, 0.25) is 0 Å². The fourth-order valence-corrected chi connectivity index (χ4v) is 2.65. The van der Waals surface area contributed by atoms with Crippen molar-refractivity contribution < 1.29 is 4.92 Å². The van der Waals surface area contributed by atoms with Crippen LogP contribution in [0.25, 0.3) is 10.6 Å². The highest BCUT2D eigenvalue weighted by Gasteiger charge is 2.14. The van der Waals surface area contributed by atoms with Crippen LogP contribution in [0.1, 0.15) is 24.4 Å². The van der Waals surface area contributed by atoms with Crippen molar-refractivity contribution in [3.8, 4) is 10.6 Å². The normalized spacial score (nSPS) is 11.0. The van der Waals surface area contributed by atoms with E-state index in [4.69, 9.17) is 0 Å². The van der Waals surface area contributed by atoms with E-state index < -0.39 is 0 Å². The van der Waals surface area contributed by atoms with Crippen molar-refractivity contribution in [3.05, 3.63) is 38.9 Å². The van der Waals surface area contributed by atoms with Crippen molar-refractivity contribution >= 4 is 17.0 Å².